The molecule has 1 amide bonds. The van der Waals surface area contributed by atoms with Gasteiger partial charge < -0.3 is 19.9 Å². The molecule has 8 nitrogen and oxygen atoms in total. The molecule has 0 saturated heterocycles. The summed E-state index contributed by atoms with van der Waals surface area (Å²) in [5.41, 5.74) is 2.58. The molecule has 0 bridgehead atoms. The lowest BCUT2D eigenvalue weighted by Gasteiger charge is -2.17. The van der Waals surface area contributed by atoms with Gasteiger partial charge in [0.25, 0.3) is 5.91 Å². The summed E-state index contributed by atoms with van der Waals surface area (Å²) in [4.78, 5) is 25.1. The van der Waals surface area contributed by atoms with Crippen LogP contribution in [0.5, 0.6) is 5.75 Å². The van der Waals surface area contributed by atoms with E-state index in [0.717, 1.165) is 5.56 Å². The maximum Gasteiger partial charge on any atom is 0.333 e. The predicted molar refractivity (Wildman–Crippen MR) is 110 cm³/mol. The highest BCUT2D eigenvalue weighted by molar-refractivity contribution is 6.31. The summed E-state index contributed by atoms with van der Waals surface area (Å²) in [5, 5.41) is 19.3. The molecule has 0 saturated carbocycles. The highest BCUT2D eigenvalue weighted by Crippen LogP contribution is 2.24. The molecule has 2 aromatic carbocycles. The van der Waals surface area contributed by atoms with E-state index in [0.29, 0.717) is 21.8 Å². The molecule has 156 valence electrons. The van der Waals surface area contributed by atoms with Gasteiger partial charge >= 0.3 is 5.97 Å². The summed E-state index contributed by atoms with van der Waals surface area (Å²) in [7, 11) is 2.78. The van der Waals surface area contributed by atoms with Crippen molar-refractivity contribution in [2.75, 3.05) is 14.2 Å². The number of carbonyl (C=O) groups excluding carboxylic acids is 2. The molecule has 0 aliphatic carbocycles. The second-order valence-corrected chi connectivity index (χ2v) is 6.83. The van der Waals surface area contributed by atoms with Crippen LogP contribution in [0.15, 0.2) is 48.5 Å². The Bertz CT molecular complexity index is 1050. The van der Waals surface area contributed by atoms with E-state index in [1.54, 1.807) is 36.4 Å². The van der Waals surface area contributed by atoms with Gasteiger partial charge in [-0.15, -0.1) is 0 Å². The number of aromatic nitrogens is 2. The van der Waals surface area contributed by atoms with Crippen LogP contribution in [0.25, 0.3) is 11.3 Å². The number of esters is 1. The topological polar surface area (TPSA) is 114 Å². The molecule has 0 unspecified atom stereocenters. The highest BCUT2D eigenvalue weighted by atomic mass is 35.5. The van der Waals surface area contributed by atoms with Gasteiger partial charge in [0.2, 0.25) is 0 Å². The van der Waals surface area contributed by atoms with Crippen LogP contribution in [0.2, 0.25) is 5.02 Å². The Morgan fingerprint density at radius 3 is 2.57 bits per heavy atom. The third-order valence-corrected chi connectivity index (χ3v) is 4.77. The van der Waals surface area contributed by atoms with E-state index in [1.807, 2.05) is 0 Å². The quantitative estimate of drug-likeness (QED) is 0.497. The van der Waals surface area contributed by atoms with Gasteiger partial charge in [-0.2, -0.15) is 5.10 Å². The number of halogens is 1. The number of phenolic OH excluding ortho intramolecular Hbond substituents is 1. The van der Waals surface area contributed by atoms with Crippen LogP contribution >= 0.6 is 11.6 Å². The van der Waals surface area contributed by atoms with Crippen LogP contribution < -0.4 is 5.32 Å². The Balaban J connectivity index is 1.84. The second kappa shape index (κ2) is 9.43. The number of methoxy groups -OCH3 is 2. The van der Waals surface area contributed by atoms with Crippen molar-refractivity contribution < 1.29 is 24.2 Å². The zero-order valence-corrected chi connectivity index (χ0v) is 17.1. The van der Waals surface area contributed by atoms with E-state index >= 15 is 0 Å². The van der Waals surface area contributed by atoms with Gasteiger partial charge in [-0.25, -0.2) is 4.79 Å². The minimum atomic E-state index is -1.05. The lowest BCUT2D eigenvalue weighted by atomic mass is 10.0. The van der Waals surface area contributed by atoms with E-state index in [9.17, 15) is 14.7 Å². The number of H-pyrrole nitrogens is 1. The van der Waals surface area contributed by atoms with E-state index in [-0.39, 0.29) is 18.1 Å². The summed E-state index contributed by atoms with van der Waals surface area (Å²) in [6.07, 6.45) is 0. The summed E-state index contributed by atoms with van der Waals surface area (Å²) >= 11 is 6.15. The maximum atomic E-state index is 12.7. The fraction of sp³-hybridized carbons (Fsp3) is 0.190. The van der Waals surface area contributed by atoms with E-state index < -0.39 is 17.9 Å². The van der Waals surface area contributed by atoms with E-state index in [2.05, 4.69) is 15.5 Å². The van der Waals surface area contributed by atoms with E-state index in [1.165, 1.54) is 26.4 Å². The van der Waals surface area contributed by atoms with Gasteiger partial charge in [0, 0.05) is 17.7 Å². The van der Waals surface area contributed by atoms with Crippen LogP contribution in [0.3, 0.4) is 0 Å². The number of rotatable bonds is 7. The molecule has 1 atom stereocenters. The van der Waals surface area contributed by atoms with Crippen molar-refractivity contribution >= 4 is 23.5 Å². The lowest BCUT2D eigenvalue weighted by molar-refractivity contribution is -0.143. The number of amides is 1. The molecule has 9 heteroatoms. The van der Waals surface area contributed by atoms with E-state index in [4.69, 9.17) is 21.1 Å². The van der Waals surface area contributed by atoms with Crippen LogP contribution in [0.4, 0.5) is 0 Å². The number of nitrogens with zero attached hydrogens (tertiary/aromatic N) is 1. The molecule has 0 aliphatic heterocycles. The Hall–Kier alpha value is -3.36. The van der Waals surface area contributed by atoms with Crippen LogP contribution in [-0.4, -0.2) is 41.4 Å². The second-order valence-electron chi connectivity index (χ2n) is 6.43. The smallest absolute Gasteiger partial charge is 0.333 e. The first-order chi connectivity index (χ1) is 14.4. The Morgan fingerprint density at radius 2 is 1.90 bits per heavy atom. The molecule has 0 aliphatic rings. The third-order valence-electron chi connectivity index (χ3n) is 4.40. The molecule has 1 heterocycles. The maximum absolute atomic E-state index is 12.7. The number of carbonyl (C=O) groups is 2. The zero-order valence-electron chi connectivity index (χ0n) is 16.3. The lowest BCUT2D eigenvalue weighted by Crippen LogP contribution is -2.34. The van der Waals surface area contributed by atoms with Gasteiger partial charge in [0.15, 0.2) is 6.04 Å². The number of hydrogen-bond donors (Lipinski definition) is 3. The van der Waals surface area contributed by atoms with Gasteiger partial charge in [0.1, 0.15) is 11.4 Å². The first-order valence-corrected chi connectivity index (χ1v) is 9.31. The summed E-state index contributed by atoms with van der Waals surface area (Å²) < 4.78 is 9.97. The van der Waals surface area contributed by atoms with Crippen molar-refractivity contribution in [3.8, 4) is 17.0 Å². The SMILES string of the molecule is COCc1cc([C@H](NC(=O)c2cc(-c3ccc(O)cc3)n[nH]2)C(=O)OC)ccc1Cl. The van der Waals surface area contributed by atoms with Crippen LogP contribution in [0, 0.1) is 0 Å². The number of benzene rings is 2. The summed E-state index contributed by atoms with van der Waals surface area (Å²) in [5.74, 6) is -1.04. The molecule has 0 spiro atoms. The fourth-order valence-electron chi connectivity index (χ4n) is 2.86. The van der Waals surface area contributed by atoms with Gasteiger partial charge in [-0.05, 0) is 53.6 Å². The molecule has 0 fully saturated rings. The Morgan fingerprint density at radius 1 is 1.17 bits per heavy atom. The minimum Gasteiger partial charge on any atom is -0.508 e. The number of nitrogens with one attached hydrogen (secondary N) is 2. The number of ether oxygens (including phenoxy) is 2. The van der Waals surface area contributed by atoms with Crippen LogP contribution in [-0.2, 0) is 20.9 Å². The third kappa shape index (κ3) is 4.79. The van der Waals surface area contributed by atoms with Gasteiger partial charge in [-0.3, -0.25) is 9.89 Å². The molecular formula is C21H20ClN3O5. The largest absolute Gasteiger partial charge is 0.508 e. The van der Waals surface area contributed by atoms with Crippen LogP contribution in [0.1, 0.15) is 27.7 Å². The fourth-order valence-corrected chi connectivity index (χ4v) is 3.04. The molecule has 30 heavy (non-hydrogen) atoms. The van der Waals surface area contributed by atoms with Crippen molar-refractivity contribution in [1.29, 1.82) is 0 Å². The Kier molecular flexibility index (Phi) is 6.71. The number of hydrogen-bond acceptors (Lipinski definition) is 6. The molecular weight excluding hydrogens is 410 g/mol. The number of aromatic hydroxyl groups is 1. The molecule has 1 aromatic heterocycles. The normalized spacial score (nSPS) is 11.7. The summed E-state index contributed by atoms with van der Waals surface area (Å²) in [6, 6.07) is 11.9. The monoisotopic (exact) mass is 429 g/mol. The van der Waals surface area contributed by atoms with Crippen molar-refractivity contribution in [1.82, 2.24) is 15.5 Å². The summed E-state index contributed by atoms with van der Waals surface area (Å²) in [6.45, 7) is 0.255. The van der Waals surface area contributed by atoms with Gasteiger partial charge in [-0.1, -0.05) is 17.7 Å². The zero-order chi connectivity index (χ0) is 21.7. The highest BCUT2D eigenvalue weighted by Gasteiger charge is 2.26. The Labute approximate surface area is 177 Å². The van der Waals surface area contributed by atoms with Crippen molar-refractivity contribution in [3.05, 3.63) is 70.4 Å². The molecule has 0 radical (unpaired) electrons. The first kappa shape index (κ1) is 21.4. The van der Waals surface area contributed by atoms with Crippen molar-refractivity contribution in [2.24, 2.45) is 0 Å². The minimum absolute atomic E-state index is 0.129. The van der Waals surface area contributed by atoms with Crippen molar-refractivity contribution in [2.45, 2.75) is 12.6 Å². The number of phenols is 1. The first-order valence-electron chi connectivity index (χ1n) is 8.93. The number of aromatic amines is 1. The average Bonchev–Trinajstić information content (AvgIpc) is 3.24. The molecule has 3 rings (SSSR count). The standard InChI is InChI=1S/C21H20ClN3O5/c1-29-11-14-9-13(5-8-16(14)22)19(21(28)30-2)23-20(27)18-10-17(24-25-18)12-3-6-15(26)7-4-12/h3-10,19,26H,11H2,1-2H3,(H,23,27)(H,24,25)/t19-/m0/s1. The van der Waals surface area contributed by atoms with Crippen molar-refractivity contribution in [3.63, 3.8) is 0 Å². The molecule has 3 aromatic rings. The predicted octanol–water partition coefficient (Wildman–Crippen LogP) is 3.23. The average molecular weight is 430 g/mol. The molecule has 3 N–H and O–H groups in total. The van der Waals surface area contributed by atoms with Gasteiger partial charge in [0.05, 0.1) is 19.4 Å².